The lowest BCUT2D eigenvalue weighted by molar-refractivity contribution is -0.142. The molecule has 3 aliphatic heterocycles. The number of ether oxygens (including phenoxy) is 2. The molecule has 3 atom stereocenters. The molecule has 5 nitrogen and oxygen atoms in total. The zero-order valence-corrected chi connectivity index (χ0v) is 14.3. The number of hydrogen-bond acceptors (Lipinski definition) is 4. The zero-order valence-electron chi connectivity index (χ0n) is 14.3. The summed E-state index contributed by atoms with van der Waals surface area (Å²) >= 11 is 0. The second-order valence-corrected chi connectivity index (χ2v) is 7.20. The van der Waals surface area contributed by atoms with E-state index in [0.717, 1.165) is 39.1 Å². The van der Waals surface area contributed by atoms with Crippen LogP contribution in [-0.2, 0) is 20.8 Å². The lowest BCUT2D eigenvalue weighted by Crippen LogP contribution is -2.48. The predicted molar refractivity (Wildman–Crippen MR) is 90.6 cm³/mol. The highest BCUT2D eigenvalue weighted by atomic mass is 16.5. The Labute approximate surface area is 143 Å². The predicted octanol–water partition coefficient (Wildman–Crippen LogP) is 1.44. The Balaban J connectivity index is 1.40. The highest BCUT2D eigenvalue weighted by Gasteiger charge is 2.45. The fraction of sp³-hybridized carbons (Fsp3) is 0.632. The number of fused-ring (bicyclic) bond motifs is 2. The minimum absolute atomic E-state index is 0.0231. The third-order valence-corrected chi connectivity index (χ3v) is 5.53. The summed E-state index contributed by atoms with van der Waals surface area (Å²) in [4.78, 5) is 17.2. The van der Waals surface area contributed by atoms with Crippen molar-refractivity contribution in [3.63, 3.8) is 0 Å². The molecule has 0 aromatic heterocycles. The standard InChI is InChI=1S/C19H26N2O3/c1-14-4-2-3-5-15(14)11-20-12-16-10-17(18(13-20)24-16)19(22)21-6-8-23-9-7-21/h2-5,16-18H,6-13H2,1H3. The first-order valence-corrected chi connectivity index (χ1v) is 8.99. The lowest BCUT2D eigenvalue weighted by atomic mass is 9.98. The Morgan fingerprint density at radius 2 is 2.00 bits per heavy atom. The number of benzene rings is 1. The zero-order chi connectivity index (χ0) is 16.5. The minimum atomic E-state index is 0.0231. The number of aryl methyl sites for hydroxylation is 1. The van der Waals surface area contributed by atoms with Crippen LogP contribution in [-0.4, -0.2) is 67.3 Å². The van der Waals surface area contributed by atoms with Gasteiger partial charge in [0.25, 0.3) is 0 Å². The summed E-state index contributed by atoms with van der Waals surface area (Å²) in [5.41, 5.74) is 2.70. The van der Waals surface area contributed by atoms with Gasteiger partial charge in [0.1, 0.15) is 0 Å². The Kier molecular flexibility index (Phi) is 4.57. The largest absolute Gasteiger partial charge is 0.378 e. The number of amides is 1. The van der Waals surface area contributed by atoms with Crippen LogP contribution in [0.4, 0.5) is 0 Å². The third kappa shape index (κ3) is 3.21. The molecule has 0 saturated carbocycles. The van der Waals surface area contributed by atoms with E-state index in [1.165, 1.54) is 11.1 Å². The van der Waals surface area contributed by atoms with Crippen molar-refractivity contribution < 1.29 is 14.3 Å². The summed E-state index contributed by atoms with van der Waals surface area (Å²) in [6, 6.07) is 8.54. The molecule has 0 spiro atoms. The van der Waals surface area contributed by atoms with Crippen molar-refractivity contribution in [3.05, 3.63) is 35.4 Å². The lowest BCUT2D eigenvalue weighted by Gasteiger charge is -2.34. The van der Waals surface area contributed by atoms with Crippen LogP contribution in [0.5, 0.6) is 0 Å². The van der Waals surface area contributed by atoms with Crippen LogP contribution in [0.15, 0.2) is 24.3 Å². The quantitative estimate of drug-likeness (QED) is 0.841. The Morgan fingerprint density at radius 1 is 1.21 bits per heavy atom. The molecule has 0 aliphatic carbocycles. The van der Waals surface area contributed by atoms with Crippen LogP contribution in [0.2, 0.25) is 0 Å². The monoisotopic (exact) mass is 330 g/mol. The average molecular weight is 330 g/mol. The van der Waals surface area contributed by atoms with Gasteiger partial charge in [-0.05, 0) is 24.5 Å². The molecule has 5 heteroatoms. The van der Waals surface area contributed by atoms with Gasteiger partial charge < -0.3 is 14.4 Å². The first kappa shape index (κ1) is 16.1. The summed E-state index contributed by atoms with van der Waals surface area (Å²) < 4.78 is 11.5. The molecule has 3 fully saturated rings. The summed E-state index contributed by atoms with van der Waals surface area (Å²) in [6.45, 7) is 7.65. The van der Waals surface area contributed by atoms with E-state index in [2.05, 4.69) is 36.1 Å². The molecular weight excluding hydrogens is 304 g/mol. The van der Waals surface area contributed by atoms with Gasteiger partial charge in [-0.2, -0.15) is 0 Å². The Hall–Kier alpha value is -1.43. The molecule has 4 rings (SSSR count). The molecule has 3 unspecified atom stereocenters. The van der Waals surface area contributed by atoms with Crippen LogP contribution in [0, 0.1) is 12.8 Å². The number of carbonyl (C=O) groups is 1. The molecular formula is C19H26N2O3. The average Bonchev–Trinajstić information content (AvgIpc) is 2.91. The number of nitrogens with zero attached hydrogens (tertiary/aromatic N) is 2. The van der Waals surface area contributed by atoms with Gasteiger partial charge in [0.15, 0.2) is 0 Å². The highest BCUT2D eigenvalue weighted by Crippen LogP contribution is 2.34. The summed E-state index contributed by atoms with van der Waals surface area (Å²) in [6.07, 6.45) is 1.11. The first-order chi connectivity index (χ1) is 11.7. The molecule has 1 aromatic rings. The van der Waals surface area contributed by atoms with E-state index in [-0.39, 0.29) is 24.0 Å². The van der Waals surface area contributed by atoms with E-state index in [1.54, 1.807) is 0 Å². The maximum absolute atomic E-state index is 12.8. The fourth-order valence-corrected chi connectivity index (χ4v) is 4.17. The number of carbonyl (C=O) groups excluding carboxylic acids is 1. The summed E-state index contributed by atoms with van der Waals surface area (Å²) in [5, 5.41) is 0. The number of rotatable bonds is 3. The molecule has 24 heavy (non-hydrogen) atoms. The van der Waals surface area contributed by atoms with Crippen LogP contribution < -0.4 is 0 Å². The second kappa shape index (κ2) is 6.82. The van der Waals surface area contributed by atoms with Crippen LogP contribution in [0.1, 0.15) is 17.5 Å². The second-order valence-electron chi connectivity index (χ2n) is 7.20. The van der Waals surface area contributed by atoms with E-state index in [1.807, 2.05) is 4.90 Å². The molecule has 2 bridgehead atoms. The van der Waals surface area contributed by atoms with E-state index >= 15 is 0 Å². The SMILES string of the molecule is Cc1ccccc1CN1CC2CC(C(=O)N3CCOCC3)C(C1)O2. The van der Waals surface area contributed by atoms with Crippen molar-refractivity contribution >= 4 is 5.91 Å². The molecule has 3 heterocycles. The van der Waals surface area contributed by atoms with Crippen molar-refractivity contribution in [1.29, 1.82) is 0 Å². The third-order valence-electron chi connectivity index (χ3n) is 5.53. The molecule has 0 N–H and O–H groups in total. The number of likely N-dealkylation sites (tertiary alicyclic amines) is 1. The minimum Gasteiger partial charge on any atom is -0.378 e. The van der Waals surface area contributed by atoms with Crippen molar-refractivity contribution in [2.75, 3.05) is 39.4 Å². The summed E-state index contributed by atoms with van der Waals surface area (Å²) in [7, 11) is 0. The van der Waals surface area contributed by atoms with Crippen LogP contribution >= 0.6 is 0 Å². The molecule has 1 aromatic carbocycles. The molecule has 0 radical (unpaired) electrons. The van der Waals surface area contributed by atoms with Gasteiger partial charge in [-0.15, -0.1) is 0 Å². The maximum atomic E-state index is 12.8. The molecule has 130 valence electrons. The van der Waals surface area contributed by atoms with Crippen molar-refractivity contribution in [1.82, 2.24) is 9.80 Å². The molecule has 3 aliphatic rings. The van der Waals surface area contributed by atoms with E-state index in [9.17, 15) is 4.79 Å². The van der Waals surface area contributed by atoms with Gasteiger partial charge in [-0.3, -0.25) is 9.69 Å². The van der Waals surface area contributed by atoms with E-state index < -0.39 is 0 Å². The fourth-order valence-electron chi connectivity index (χ4n) is 4.17. The normalized spacial score (nSPS) is 30.5. The number of morpholine rings is 2. The van der Waals surface area contributed by atoms with E-state index in [0.29, 0.717) is 13.2 Å². The van der Waals surface area contributed by atoms with Crippen molar-refractivity contribution in [2.45, 2.75) is 32.1 Å². The van der Waals surface area contributed by atoms with Crippen molar-refractivity contribution in [2.24, 2.45) is 5.92 Å². The molecule has 1 amide bonds. The van der Waals surface area contributed by atoms with Gasteiger partial charge >= 0.3 is 0 Å². The number of hydrogen-bond donors (Lipinski definition) is 0. The molecule has 3 saturated heterocycles. The Bertz CT molecular complexity index is 600. The van der Waals surface area contributed by atoms with Gasteiger partial charge in [-0.1, -0.05) is 24.3 Å². The smallest absolute Gasteiger partial charge is 0.228 e. The van der Waals surface area contributed by atoms with Crippen molar-refractivity contribution in [3.8, 4) is 0 Å². The topological polar surface area (TPSA) is 42.0 Å². The van der Waals surface area contributed by atoms with E-state index in [4.69, 9.17) is 9.47 Å². The highest BCUT2D eigenvalue weighted by molar-refractivity contribution is 5.80. The van der Waals surface area contributed by atoms with Gasteiger partial charge in [-0.25, -0.2) is 0 Å². The van der Waals surface area contributed by atoms with Crippen LogP contribution in [0.3, 0.4) is 0 Å². The van der Waals surface area contributed by atoms with Gasteiger partial charge in [0.05, 0.1) is 31.3 Å². The van der Waals surface area contributed by atoms with Crippen LogP contribution in [0.25, 0.3) is 0 Å². The van der Waals surface area contributed by atoms with Gasteiger partial charge in [0, 0.05) is 32.7 Å². The summed E-state index contributed by atoms with van der Waals surface area (Å²) in [5.74, 6) is 0.290. The maximum Gasteiger partial charge on any atom is 0.228 e. The Morgan fingerprint density at radius 3 is 2.79 bits per heavy atom. The van der Waals surface area contributed by atoms with Gasteiger partial charge in [0.2, 0.25) is 5.91 Å². The first-order valence-electron chi connectivity index (χ1n) is 8.99.